The molecule has 1 aliphatic heterocycles. The standard InChI is InChI=1S/C17H19FN4O2/c1-11-8-16(24-14-5-3-2-4-13(14)18)21-17(20-11)12-6-7-22(9-12)10-15(19)23/h2-5,8,12H,6-7,9-10H2,1H3,(H2,19,23). The van der Waals surface area contributed by atoms with Crippen molar-refractivity contribution in [1.82, 2.24) is 14.9 Å². The Labute approximate surface area is 139 Å². The number of likely N-dealkylation sites (tertiary alicyclic amines) is 1. The van der Waals surface area contributed by atoms with E-state index in [4.69, 9.17) is 10.5 Å². The van der Waals surface area contributed by atoms with Crippen LogP contribution in [-0.4, -0.2) is 40.4 Å². The monoisotopic (exact) mass is 330 g/mol. The van der Waals surface area contributed by atoms with E-state index in [0.717, 1.165) is 18.7 Å². The summed E-state index contributed by atoms with van der Waals surface area (Å²) >= 11 is 0. The van der Waals surface area contributed by atoms with Crippen LogP contribution >= 0.6 is 0 Å². The number of hydrogen-bond acceptors (Lipinski definition) is 5. The second kappa shape index (κ2) is 6.92. The molecule has 0 spiro atoms. The minimum absolute atomic E-state index is 0.104. The predicted molar refractivity (Wildman–Crippen MR) is 86.2 cm³/mol. The Balaban J connectivity index is 1.77. The third-order valence-corrected chi connectivity index (χ3v) is 3.92. The molecular weight excluding hydrogens is 311 g/mol. The molecule has 1 aliphatic rings. The molecule has 1 aromatic heterocycles. The molecule has 0 aliphatic carbocycles. The van der Waals surface area contributed by atoms with E-state index in [1.165, 1.54) is 6.07 Å². The summed E-state index contributed by atoms with van der Waals surface area (Å²) in [6.45, 7) is 3.52. The van der Waals surface area contributed by atoms with Crippen LogP contribution in [0.5, 0.6) is 11.6 Å². The van der Waals surface area contributed by atoms with Gasteiger partial charge in [0.25, 0.3) is 0 Å². The smallest absolute Gasteiger partial charge is 0.231 e. The van der Waals surface area contributed by atoms with Crippen LogP contribution in [0.4, 0.5) is 4.39 Å². The minimum atomic E-state index is -0.441. The summed E-state index contributed by atoms with van der Waals surface area (Å²) in [5, 5.41) is 0. The number of nitrogens with zero attached hydrogens (tertiary/aromatic N) is 3. The Morgan fingerprint density at radius 2 is 2.21 bits per heavy atom. The van der Waals surface area contributed by atoms with Crippen molar-refractivity contribution in [3.8, 4) is 11.6 Å². The number of rotatable bonds is 5. The normalized spacial score (nSPS) is 17.8. The highest BCUT2D eigenvalue weighted by molar-refractivity contribution is 5.75. The van der Waals surface area contributed by atoms with Gasteiger partial charge in [-0.25, -0.2) is 9.37 Å². The maximum absolute atomic E-state index is 13.7. The molecule has 1 unspecified atom stereocenters. The summed E-state index contributed by atoms with van der Waals surface area (Å²) < 4.78 is 19.3. The molecule has 1 aromatic carbocycles. The predicted octanol–water partition coefficient (Wildman–Crippen LogP) is 1.99. The van der Waals surface area contributed by atoms with Crippen LogP contribution in [0.15, 0.2) is 30.3 Å². The lowest BCUT2D eigenvalue weighted by Crippen LogP contribution is -2.31. The van der Waals surface area contributed by atoms with Crippen molar-refractivity contribution in [3.63, 3.8) is 0 Å². The van der Waals surface area contributed by atoms with Gasteiger partial charge >= 0.3 is 0 Å². The number of primary amides is 1. The number of amides is 1. The zero-order valence-electron chi connectivity index (χ0n) is 13.4. The largest absolute Gasteiger partial charge is 0.436 e. The first-order valence-electron chi connectivity index (χ1n) is 7.80. The number of benzene rings is 1. The maximum atomic E-state index is 13.7. The van der Waals surface area contributed by atoms with Crippen LogP contribution in [0.25, 0.3) is 0 Å². The first-order chi connectivity index (χ1) is 11.5. The van der Waals surface area contributed by atoms with Crippen LogP contribution in [0, 0.1) is 12.7 Å². The highest BCUT2D eigenvalue weighted by Crippen LogP contribution is 2.28. The Hall–Kier alpha value is -2.54. The van der Waals surface area contributed by atoms with Gasteiger partial charge in [-0.05, 0) is 32.0 Å². The lowest BCUT2D eigenvalue weighted by Gasteiger charge is -2.14. The number of aromatic nitrogens is 2. The Kier molecular flexibility index (Phi) is 4.71. The number of hydrogen-bond donors (Lipinski definition) is 1. The van der Waals surface area contributed by atoms with Gasteiger partial charge in [0, 0.05) is 24.2 Å². The molecule has 2 N–H and O–H groups in total. The van der Waals surface area contributed by atoms with Crippen molar-refractivity contribution in [1.29, 1.82) is 0 Å². The summed E-state index contributed by atoms with van der Waals surface area (Å²) in [7, 11) is 0. The van der Waals surface area contributed by atoms with Crippen LogP contribution in [0.2, 0.25) is 0 Å². The number of carbonyl (C=O) groups excluding carboxylic acids is 1. The summed E-state index contributed by atoms with van der Waals surface area (Å²) in [6.07, 6.45) is 0.843. The quantitative estimate of drug-likeness (QED) is 0.907. The Morgan fingerprint density at radius 3 is 2.96 bits per heavy atom. The molecule has 3 rings (SSSR count). The second-order valence-corrected chi connectivity index (χ2v) is 5.93. The molecule has 7 heteroatoms. The number of aryl methyl sites for hydroxylation is 1. The molecule has 1 atom stereocenters. The Morgan fingerprint density at radius 1 is 1.42 bits per heavy atom. The van der Waals surface area contributed by atoms with Crippen molar-refractivity contribution in [2.24, 2.45) is 5.73 Å². The van der Waals surface area contributed by atoms with Crippen molar-refractivity contribution in [2.75, 3.05) is 19.6 Å². The fourth-order valence-corrected chi connectivity index (χ4v) is 2.84. The summed E-state index contributed by atoms with van der Waals surface area (Å²) in [6, 6.07) is 7.86. The maximum Gasteiger partial charge on any atom is 0.231 e. The molecule has 0 saturated carbocycles. The van der Waals surface area contributed by atoms with Gasteiger partial charge in [-0.1, -0.05) is 12.1 Å². The Bertz CT molecular complexity index is 753. The lowest BCUT2D eigenvalue weighted by molar-refractivity contribution is -0.118. The van der Waals surface area contributed by atoms with E-state index in [-0.39, 0.29) is 24.1 Å². The van der Waals surface area contributed by atoms with Gasteiger partial charge < -0.3 is 10.5 Å². The van der Waals surface area contributed by atoms with E-state index in [1.54, 1.807) is 24.3 Å². The van der Waals surface area contributed by atoms with Gasteiger partial charge in [0.2, 0.25) is 11.8 Å². The van der Waals surface area contributed by atoms with E-state index in [9.17, 15) is 9.18 Å². The fourth-order valence-electron chi connectivity index (χ4n) is 2.84. The molecule has 2 heterocycles. The zero-order valence-corrected chi connectivity index (χ0v) is 13.4. The van der Waals surface area contributed by atoms with Gasteiger partial charge in [-0.3, -0.25) is 9.69 Å². The number of carbonyl (C=O) groups is 1. The third-order valence-electron chi connectivity index (χ3n) is 3.92. The van der Waals surface area contributed by atoms with Gasteiger partial charge in [0.1, 0.15) is 5.82 Å². The molecular formula is C17H19FN4O2. The highest BCUT2D eigenvalue weighted by atomic mass is 19.1. The first kappa shape index (κ1) is 16.3. The molecule has 1 fully saturated rings. The molecule has 0 bridgehead atoms. The molecule has 6 nitrogen and oxygen atoms in total. The molecule has 1 saturated heterocycles. The van der Waals surface area contributed by atoms with Gasteiger partial charge in [-0.2, -0.15) is 4.98 Å². The van der Waals surface area contributed by atoms with E-state index in [2.05, 4.69) is 9.97 Å². The number of nitrogens with two attached hydrogens (primary N) is 1. The number of halogens is 1. The number of ether oxygens (including phenoxy) is 1. The van der Waals surface area contributed by atoms with Gasteiger partial charge in [-0.15, -0.1) is 0 Å². The van der Waals surface area contributed by atoms with Gasteiger partial charge in [0.05, 0.1) is 6.54 Å². The van der Waals surface area contributed by atoms with Crippen LogP contribution in [0.3, 0.4) is 0 Å². The topological polar surface area (TPSA) is 81.3 Å². The summed E-state index contributed by atoms with van der Waals surface area (Å²) in [4.78, 5) is 21.9. The molecule has 126 valence electrons. The second-order valence-electron chi connectivity index (χ2n) is 5.93. The third kappa shape index (κ3) is 3.86. The SMILES string of the molecule is Cc1cc(Oc2ccccc2F)nc(C2CCN(CC(N)=O)C2)n1. The fraction of sp³-hybridized carbons (Fsp3) is 0.353. The van der Waals surface area contributed by atoms with E-state index >= 15 is 0 Å². The number of para-hydroxylation sites is 1. The van der Waals surface area contributed by atoms with Crippen molar-refractivity contribution < 1.29 is 13.9 Å². The summed E-state index contributed by atoms with van der Waals surface area (Å²) in [5.74, 6) is 0.410. The van der Waals surface area contributed by atoms with Crippen molar-refractivity contribution >= 4 is 5.91 Å². The van der Waals surface area contributed by atoms with Gasteiger partial charge in [0.15, 0.2) is 11.6 Å². The van der Waals surface area contributed by atoms with E-state index < -0.39 is 5.82 Å². The summed E-state index contributed by atoms with van der Waals surface area (Å²) in [5.41, 5.74) is 5.99. The van der Waals surface area contributed by atoms with Crippen LogP contribution in [0.1, 0.15) is 23.9 Å². The molecule has 24 heavy (non-hydrogen) atoms. The first-order valence-corrected chi connectivity index (χ1v) is 7.80. The lowest BCUT2D eigenvalue weighted by atomic mass is 10.1. The van der Waals surface area contributed by atoms with Crippen LogP contribution in [-0.2, 0) is 4.79 Å². The molecule has 2 aromatic rings. The molecule has 1 amide bonds. The van der Waals surface area contributed by atoms with Crippen LogP contribution < -0.4 is 10.5 Å². The van der Waals surface area contributed by atoms with Crippen molar-refractivity contribution in [2.45, 2.75) is 19.3 Å². The molecule has 0 radical (unpaired) electrons. The minimum Gasteiger partial charge on any atom is -0.436 e. The zero-order chi connectivity index (χ0) is 17.1. The van der Waals surface area contributed by atoms with E-state index in [0.29, 0.717) is 18.2 Å². The average Bonchev–Trinajstić information content (AvgIpc) is 2.97. The highest BCUT2D eigenvalue weighted by Gasteiger charge is 2.27. The van der Waals surface area contributed by atoms with Crippen molar-refractivity contribution in [3.05, 3.63) is 47.7 Å². The van der Waals surface area contributed by atoms with E-state index in [1.807, 2.05) is 11.8 Å². The average molecular weight is 330 g/mol.